The van der Waals surface area contributed by atoms with Crippen LogP contribution in [0.1, 0.15) is 28.4 Å². The zero-order chi connectivity index (χ0) is 15.5. The molecule has 20 heavy (non-hydrogen) atoms. The number of aryl methyl sites for hydroxylation is 1. The normalized spacial score (nSPS) is 11.6. The summed E-state index contributed by atoms with van der Waals surface area (Å²) < 4.78 is 23.6. The molecule has 0 bridgehead atoms. The molecule has 1 amide bonds. The highest BCUT2D eigenvalue weighted by atomic mass is 32.2. The van der Waals surface area contributed by atoms with Gasteiger partial charge in [0.1, 0.15) is 0 Å². The first kappa shape index (κ1) is 15.9. The molecule has 1 aromatic carbocycles. The van der Waals surface area contributed by atoms with Crippen LogP contribution < -0.4 is 11.5 Å². The SMILES string of the molecule is CC=Cc1cc(C)c(C(=O)N=C(N)N)cc1S(C)(=O)=O. The Morgan fingerprint density at radius 3 is 2.35 bits per heavy atom. The second-order valence-corrected chi connectivity index (χ2v) is 6.30. The third kappa shape index (κ3) is 3.67. The summed E-state index contributed by atoms with van der Waals surface area (Å²) in [5.41, 5.74) is 11.6. The standard InChI is InChI=1S/C13H17N3O3S/c1-4-5-9-6-8(2)10(12(17)16-13(14)15)7-11(9)20(3,18)19/h4-7H,1-3H3,(H4,14,15,16,17). The van der Waals surface area contributed by atoms with Crippen LogP contribution in [0.2, 0.25) is 0 Å². The van der Waals surface area contributed by atoms with Gasteiger partial charge < -0.3 is 11.5 Å². The highest BCUT2D eigenvalue weighted by Gasteiger charge is 2.18. The molecule has 6 nitrogen and oxygen atoms in total. The molecule has 0 heterocycles. The molecule has 0 saturated heterocycles. The molecule has 4 N–H and O–H groups in total. The van der Waals surface area contributed by atoms with Gasteiger partial charge in [-0.1, -0.05) is 12.2 Å². The summed E-state index contributed by atoms with van der Waals surface area (Å²) in [7, 11) is -3.47. The van der Waals surface area contributed by atoms with Crippen molar-refractivity contribution in [3.63, 3.8) is 0 Å². The van der Waals surface area contributed by atoms with E-state index in [1.165, 1.54) is 6.07 Å². The molecule has 0 atom stereocenters. The number of allylic oxidation sites excluding steroid dienone is 1. The van der Waals surface area contributed by atoms with E-state index in [9.17, 15) is 13.2 Å². The van der Waals surface area contributed by atoms with Crippen molar-refractivity contribution >= 4 is 27.8 Å². The Morgan fingerprint density at radius 2 is 1.90 bits per heavy atom. The number of nitrogens with zero attached hydrogens (tertiary/aromatic N) is 1. The van der Waals surface area contributed by atoms with Crippen LogP contribution in [0.5, 0.6) is 0 Å². The molecule has 1 aromatic rings. The minimum Gasteiger partial charge on any atom is -0.370 e. The number of hydrogen-bond donors (Lipinski definition) is 2. The molecule has 0 radical (unpaired) electrons. The molecule has 7 heteroatoms. The number of sulfone groups is 1. The topological polar surface area (TPSA) is 116 Å². The Hall–Kier alpha value is -2.15. The van der Waals surface area contributed by atoms with Crippen LogP contribution in [0.25, 0.3) is 6.08 Å². The molecule has 0 saturated carbocycles. The van der Waals surface area contributed by atoms with Gasteiger partial charge in [-0.3, -0.25) is 4.79 Å². The summed E-state index contributed by atoms with van der Waals surface area (Å²) >= 11 is 0. The van der Waals surface area contributed by atoms with Gasteiger partial charge >= 0.3 is 0 Å². The molecule has 0 aromatic heterocycles. The van der Waals surface area contributed by atoms with Gasteiger partial charge in [-0.2, -0.15) is 4.99 Å². The lowest BCUT2D eigenvalue weighted by molar-refractivity contribution is 0.100. The summed E-state index contributed by atoms with van der Waals surface area (Å²) in [5, 5.41) is 0. The summed E-state index contributed by atoms with van der Waals surface area (Å²) in [6.07, 6.45) is 4.47. The first-order chi connectivity index (χ1) is 9.16. The van der Waals surface area contributed by atoms with Crippen molar-refractivity contribution in [1.82, 2.24) is 0 Å². The Kier molecular flexibility index (Phi) is 4.67. The Labute approximate surface area is 118 Å². The maximum atomic E-state index is 11.9. The second kappa shape index (κ2) is 5.87. The van der Waals surface area contributed by atoms with E-state index < -0.39 is 15.7 Å². The second-order valence-electron chi connectivity index (χ2n) is 4.32. The van der Waals surface area contributed by atoms with Crippen molar-refractivity contribution in [1.29, 1.82) is 0 Å². The maximum Gasteiger partial charge on any atom is 0.280 e. The number of nitrogens with two attached hydrogens (primary N) is 2. The number of carbonyl (C=O) groups is 1. The highest BCUT2D eigenvalue weighted by Crippen LogP contribution is 2.23. The molecule has 0 aliphatic heterocycles. The van der Waals surface area contributed by atoms with Crippen LogP contribution in [-0.2, 0) is 9.84 Å². The van der Waals surface area contributed by atoms with E-state index in [1.807, 2.05) is 0 Å². The van der Waals surface area contributed by atoms with Gasteiger partial charge in [-0.05, 0) is 37.1 Å². The van der Waals surface area contributed by atoms with Gasteiger partial charge in [0.15, 0.2) is 15.8 Å². The van der Waals surface area contributed by atoms with E-state index in [0.29, 0.717) is 11.1 Å². The minimum atomic E-state index is -3.47. The van der Waals surface area contributed by atoms with Crippen LogP contribution in [-0.4, -0.2) is 26.5 Å². The number of carbonyl (C=O) groups excluding carboxylic acids is 1. The zero-order valence-corrected chi connectivity index (χ0v) is 12.4. The van der Waals surface area contributed by atoms with Gasteiger partial charge in [0.2, 0.25) is 0 Å². The lowest BCUT2D eigenvalue weighted by Crippen LogP contribution is -2.24. The molecule has 0 aliphatic rings. The predicted molar refractivity (Wildman–Crippen MR) is 79.1 cm³/mol. The van der Waals surface area contributed by atoms with Crippen LogP contribution in [0.4, 0.5) is 0 Å². The summed E-state index contributed by atoms with van der Waals surface area (Å²) in [6, 6.07) is 2.92. The van der Waals surface area contributed by atoms with Crippen molar-refractivity contribution in [2.24, 2.45) is 16.5 Å². The number of rotatable bonds is 3. The predicted octanol–water partition coefficient (Wildman–Crippen LogP) is 0.845. The van der Waals surface area contributed by atoms with Crippen LogP contribution in [0.3, 0.4) is 0 Å². The molecular weight excluding hydrogens is 278 g/mol. The summed E-state index contributed by atoms with van der Waals surface area (Å²) in [5.74, 6) is -1.03. The number of hydrogen-bond acceptors (Lipinski definition) is 3. The molecule has 0 aliphatic carbocycles. The zero-order valence-electron chi connectivity index (χ0n) is 11.5. The Bertz CT molecular complexity index is 700. The first-order valence-corrected chi connectivity index (χ1v) is 7.67. The van der Waals surface area contributed by atoms with Crippen LogP contribution in [0, 0.1) is 6.92 Å². The third-order valence-electron chi connectivity index (χ3n) is 2.56. The Morgan fingerprint density at radius 1 is 1.30 bits per heavy atom. The molecule has 108 valence electrons. The quantitative estimate of drug-likeness (QED) is 0.633. The van der Waals surface area contributed by atoms with Crippen molar-refractivity contribution in [2.45, 2.75) is 18.7 Å². The van der Waals surface area contributed by atoms with Crippen molar-refractivity contribution in [3.8, 4) is 0 Å². The van der Waals surface area contributed by atoms with Gasteiger partial charge in [-0.25, -0.2) is 8.42 Å². The summed E-state index contributed by atoms with van der Waals surface area (Å²) in [4.78, 5) is 15.4. The fraction of sp³-hybridized carbons (Fsp3) is 0.231. The lowest BCUT2D eigenvalue weighted by Gasteiger charge is -2.09. The van der Waals surface area contributed by atoms with Gasteiger partial charge in [0.25, 0.3) is 5.91 Å². The fourth-order valence-electron chi connectivity index (χ4n) is 1.75. The molecule has 0 spiro atoms. The lowest BCUT2D eigenvalue weighted by atomic mass is 10.0. The fourth-order valence-corrected chi connectivity index (χ4v) is 2.64. The van der Waals surface area contributed by atoms with Crippen molar-refractivity contribution in [2.75, 3.05) is 6.26 Å². The maximum absolute atomic E-state index is 11.9. The van der Waals surface area contributed by atoms with E-state index in [1.54, 1.807) is 32.1 Å². The number of aliphatic imine (C=N–C) groups is 1. The highest BCUT2D eigenvalue weighted by molar-refractivity contribution is 7.90. The van der Waals surface area contributed by atoms with Gasteiger partial charge in [-0.15, -0.1) is 0 Å². The summed E-state index contributed by atoms with van der Waals surface area (Å²) in [6.45, 7) is 3.47. The monoisotopic (exact) mass is 295 g/mol. The van der Waals surface area contributed by atoms with E-state index in [4.69, 9.17) is 11.5 Å². The third-order valence-corrected chi connectivity index (χ3v) is 3.72. The molecular formula is C13H17N3O3S. The van der Waals surface area contributed by atoms with Crippen LogP contribution in [0.15, 0.2) is 28.1 Å². The van der Waals surface area contributed by atoms with Crippen LogP contribution >= 0.6 is 0 Å². The molecule has 0 fully saturated rings. The van der Waals surface area contributed by atoms with Crippen molar-refractivity contribution in [3.05, 3.63) is 34.9 Å². The van der Waals surface area contributed by atoms with Crippen molar-refractivity contribution < 1.29 is 13.2 Å². The van der Waals surface area contributed by atoms with Gasteiger partial charge in [0.05, 0.1) is 4.90 Å². The Balaban J connectivity index is 3.59. The molecule has 0 unspecified atom stereocenters. The van der Waals surface area contributed by atoms with Gasteiger partial charge in [0, 0.05) is 11.8 Å². The molecule has 1 rings (SSSR count). The average molecular weight is 295 g/mol. The smallest absolute Gasteiger partial charge is 0.280 e. The van der Waals surface area contributed by atoms with E-state index in [-0.39, 0.29) is 16.4 Å². The van der Waals surface area contributed by atoms with E-state index in [2.05, 4.69) is 4.99 Å². The van der Waals surface area contributed by atoms with E-state index >= 15 is 0 Å². The number of benzene rings is 1. The number of amides is 1. The average Bonchev–Trinajstić information content (AvgIpc) is 2.26. The largest absolute Gasteiger partial charge is 0.370 e. The minimum absolute atomic E-state index is 0.0651. The number of guanidine groups is 1. The first-order valence-electron chi connectivity index (χ1n) is 5.78. The van der Waals surface area contributed by atoms with E-state index in [0.717, 1.165) is 6.26 Å².